The molecule has 0 aliphatic carbocycles. The van der Waals surface area contributed by atoms with E-state index in [1.165, 1.54) is 0 Å². The molecule has 98 valence electrons. The van der Waals surface area contributed by atoms with Crippen LogP contribution in [-0.4, -0.2) is 18.4 Å². The summed E-state index contributed by atoms with van der Waals surface area (Å²) in [6.07, 6.45) is 0.257. The Kier molecular flexibility index (Phi) is 4.65. The van der Waals surface area contributed by atoms with Crippen molar-refractivity contribution in [1.82, 2.24) is 0 Å². The molecular weight excluding hydrogens is 228 g/mol. The maximum atomic E-state index is 12.2. The Morgan fingerprint density at radius 2 is 1.94 bits per heavy atom. The third-order valence-corrected chi connectivity index (χ3v) is 2.93. The highest BCUT2D eigenvalue weighted by Gasteiger charge is 2.36. The predicted octanol–water partition coefficient (Wildman–Crippen LogP) is 2.70. The zero-order valence-corrected chi connectivity index (χ0v) is 11.4. The Labute approximate surface area is 108 Å². The van der Waals surface area contributed by atoms with Crippen molar-refractivity contribution >= 4 is 11.8 Å². The quantitative estimate of drug-likeness (QED) is 0.594. The highest BCUT2D eigenvalue weighted by atomic mass is 16.5. The van der Waals surface area contributed by atoms with Crippen molar-refractivity contribution in [2.45, 2.75) is 34.1 Å². The fourth-order valence-electron chi connectivity index (χ4n) is 1.65. The van der Waals surface area contributed by atoms with Crippen molar-refractivity contribution in [3.63, 3.8) is 0 Å². The summed E-state index contributed by atoms with van der Waals surface area (Å²) >= 11 is 0. The van der Waals surface area contributed by atoms with E-state index < -0.39 is 11.4 Å². The molecule has 0 bridgehead atoms. The van der Waals surface area contributed by atoms with E-state index in [2.05, 4.69) is 0 Å². The molecule has 1 aromatic rings. The molecular formula is C15H20O3. The van der Waals surface area contributed by atoms with Crippen LogP contribution in [0.4, 0.5) is 0 Å². The summed E-state index contributed by atoms with van der Waals surface area (Å²) < 4.78 is 4.93. The molecule has 0 atom stereocenters. The Bertz CT molecular complexity index is 447. The second-order valence-corrected chi connectivity index (χ2v) is 4.93. The molecule has 0 saturated heterocycles. The summed E-state index contributed by atoms with van der Waals surface area (Å²) in [5, 5.41) is 0. The van der Waals surface area contributed by atoms with Gasteiger partial charge in [0.15, 0.2) is 5.78 Å². The lowest BCUT2D eigenvalue weighted by molar-refractivity contribution is -0.157. The van der Waals surface area contributed by atoms with Crippen LogP contribution in [0.15, 0.2) is 24.3 Å². The number of hydrogen-bond acceptors (Lipinski definition) is 3. The van der Waals surface area contributed by atoms with Gasteiger partial charge < -0.3 is 4.74 Å². The number of hydrogen-bond donors (Lipinski definition) is 0. The highest BCUT2D eigenvalue weighted by Crippen LogP contribution is 2.21. The van der Waals surface area contributed by atoms with Gasteiger partial charge in [-0.1, -0.05) is 29.8 Å². The van der Waals surface area contributed by atoms with Crippen LogP contribution in [0.25, 0.3) is 0 Å². The van der Waals surface area contributed by atoms with Crippen LogP contribution in [-0.2, 0) is 20.7 Å². The van der Waals surface area contributed by atoms with Gasteiger partial charge in [-0.2, -0.15) is 0 Å². The lowest BCUT2D eigenvalue weighted by Crippen LogP contribution is -2.36. The van der Waals surface area contributed by atoms with E-state index in [-0.39, 0.29) is 12.2 Å². The van der Waals surface area contributed by atoms with Gasteiger partial charge in [-0.3, -0.25) is 9.59 Å². The van der Waals surface area contributed by atoms with Crippen LogP contribution in [0.2, 0.25) is 0 Å². The summed E-state index contributed by atoms with van der Waals surface area (Å²) in [6.45, 7) is 7.23. The molecule has 0 heterocycles. The topological polar surface area (TPSA) is 43.4 Å². The molecule has 0 N–H and O–H groups in total. The zero-order chi connectivity index (χ0) is 13.8. The fraction of sp³-hybridized carbons (Fsp3) is 0.467. The first-order valence-electron chi connectivity index (χ1n) is 6.14. The lowest BCUT2D eigenvalue weighted by Gasteiger charge is -2.20. The summed E-state index contributed by atoms with van der Waals surface area (Å²) in [7, 11) is 0. The highest BCUT2D eigenvalue weighted by molar-refractivity contribution is 6.03. The molecule has 3 heteroatoms. The minimum absolute atomic E-state index is 0.119. The molecule has 0 spiro atoms. The number of esters is 1. The standard InChI is InChI=1S/C15H20O3/c1-5-18-14(17)15(3,4)13(16)10-12-8-6-7-11(2)9-12/h6-9H,5,10H2,1-4H3. The Hall–Kier alpha value is -1.64. The molecule has 0 saturated carbocycles. The number of Topliss-reactive ketones (excluding diaryl/α,β-unsaturated/α-hetero) is 1. The van der Waals surface area contributed by atoms with Gasteiger partial charge in [0.05, 0.1) is 6.61 Å². The average Bonchev–Trinajstić information content (AvgIpc) is 2.29. The van der Waals surface area contributed by atoms with E-state index in [9.17, 15) is 9.59 Å². The van der Waals surface area contributed by atoms with E-state index in [4.69, 9.17) is 4.74 Å². The van der Waals surface area contributed by atoms with Gasteiger partial charge in [0.1, 0.15) is 5.41 Å². The SMILES string of the molecule is CCOC(=O)C(C)(C)C(=O)Cc1cccc(C)c1. The van der Waals surface area contributed by atoms with Gasteiger partial charge in [0, 0.05) is 6.42 Å². The second kappa shape index (κ2) is 5.80. The molecule has 0 fully saturated rings. The normalized spacial score (nSPS) is 11.1. The fourth-order valence-corrected chi connectivity index (χ4v) is 1.65. The Morgan fingerprint density at radius 3 is 2.50 bits per heavy atom. The van der Waals surface area contributed by atoms with E-state index >= 15 is 0 Å². The minimum atomic E-state index is -1.08. The molecule has 0 unspecified atom stereocenters. The van der Waals surface area contributed by atoms with Crippen molar-refractivity contribution in [3.8, 4) is 0 Å². The number of benzene rings is 1. The first-order valence-corrected chi connectivity index (χ1v) is 6.14. The number of ether oxygens (including phenoxy) is 1. The van der Waals surface area contributed by atoms with Gasteiger partial charge in [0.2, 0.25) is 0 Å². The number of carbonyl (C=O) groups excluding carboxylic acids is 2. The van der Waals surface area contributed by atoms with Crippen molar-refractivity contribution in [1.29, 1.82) is 0 Å². The van der Waals surface area contributed by atoms with E-state index in [0.29, 0.717) is 6.61 Å². The Morgan fingerprint density at radius 1 is 1.28 bits per heavy atom. The Balaban J connectivity index is 2.79. The van der Waals surface area contributed by atoms with Crippen LogP contribution in [0.3, 0.4) is 0 Å². The van der Waals surface area contributed by atoms with Gasteiger partial charge in [-0.25, -0.2) is 0 Å². The number of aryl methyl sites for hydroxylation is 1. The maximum Gasteiger partial charge on any atom is 0.319 e. The summed E-state index contributed by atoms with van der Waals surface area (Å²) in [6, 6.07) is 7.74. The average molecular weight is 248 g/mol. The minimum Gasteiger partial charge on any atom is -0.465 e. The number of ketones is 1. The molecule has 1 rings (SSSR count). The van der Waals surface area contributed by atoms with Crippen molar-refractivity contribution in [2.24, 2.45) is 5.41 Å². The van der Waals surface area contributed by atoms with E-state index in [1.54, 1.807) is 20.8 Å². The van der Waals surface area contributed by atoms with Crippen molar-refractivity contribution < 1.29 is 14.3 Å². The van der Waals surface area contributed by atoms with Gasteiger partial charge in [-0.05, 0) is 33.3 Å². The second-order valence-electron chi connectivity index (χ2n) is 4.93. The first kappa shape index (κ1) is 14.4. The molecule has 0 amide bonds. The van der Waals surface area contributed by atoms with E-state index in [1.807, 2.05) is 31.2 Å². The maximum absolute atomic E-state index is 12.2. The molecule has 0 aromatic heterocycles. The lowest BCUT2D eigenvalue weighted by atomic mass is 9.84. The van der Waals surface area contributed by atoms with Crippen molar-refractivity contribution in [2.75, 3.05) is 6.61 Å². The van der Waals surface area contributed by atoms with Crippen LogP contribution < -0.4 is 0 Å². The molecule has 18 heavy (non-hydrogen) atoms. The monoisotopic (exact) mass is 248 g/mol. The number of rotatable bonds is 5. The van der Waals surface area contributed by atoms with Gasteiger partial charge >= 0.3 is 5.97 Å². The molecule has 0 aliphatic rings. The van der Waals surface area contributed by atoms with Crippen LogP contribution in [0.5, 0.6) is 0 Å². The first-order chi connectivity index (χ1) is 8.37. The van der Waals surface area contributed by atoms with Crippen LogP contribution in [0, 0.1) is 12.3 Å². The van der Waals surface area contributed by atoms with E-state index in [0.717, 1.165) is 11.1 Å². The third-order valence-electron chi connectivity index (χ3n) is 2.93. The summed E-state index contributed by atoms with van der Waals surface area (Å²) in [4.78, 5) is 23.9. The van der Waals surface area contributed by atoms with Gasteiger partial charge in [0.25, 0.3) is 0 Å². The molecule has 3 nitrogen and oxygen atoms in total. The number of carbonyl (C=O) groups is 2. The summed E-state index contributed by atoms with van der Waals surface area (Å²) in [5.41, 5.74) is 0.950. The van der Waals surface area contributed by atoms with Crippen LogP contribution in [0.1, 0.15) is 31.9 Å². The third kappa shape index (κ3) is 3.42. The molecule has 1 aromatic carbocycles. The molecule has 0 aliphatic heterocycles. The largest absolute Gasteiger partial charge is 0.465 e. The van der Waals surface area contributed by atoms with Gasteiger partial charge in [-0.15, -0.1) is 0 Å². The zero-order valence-electron chi connectivity index (χ0n) is 11.4. The van der Waals surface area contributed by atoms with Crippen LogP contribution >= 0.6 is 0 Å². The smallest absolute Gasteiger partial charge is 0.319 e. The molecule has 0 radical (unpaired) electrons. The van der Waals surface area contributed by atoms with Crippen molar-refractivity contribution in [3.05, 3.63) is 35.4 Å². The predicted molar refractivity (Wildman–Crippen MR) is 70.3 cm³/mol. The summed E-state index contributed by atoms with van der Waals surface area (Å²) in [5.74, 6) is -0.575.